The van der Waals surface area contributed by atoms with Crippen LogP contribution in [0.15, 0.2) is 0 Å². The van der Waals surface area contributed by atoms with Crippen molar-refractivity contribution >= 4 is 5.91 Å². The van der Waals surface area contributed by atoms with E-state index in [4.69, 9.17) is 5.73 Å². The van der Waals surface area contributed by atoms with Gasteiger partial charge in [-0.3, -0.25) is 9.69 Å². The number of hydrogen-bond donors (Lipinski definition) is 3. The third kappa shape index (κ3) is 4.47. The van der Waals surface area contributed by atoms with Crippen molar-refractivity contribution in [2.75, 3.05) is 32.7 Å². The van der Waals surface area contributed by atoms with Crippen LogP contribution in [0, 0.1) is 5.92 Å². The van der Waals surface area contributed by atoms with Crippen LogP contribution in [0.4, 0.5) is 0 Å². The Hall–Kier alpha value is -0.650. The summed E-state index contributed by atoms with van der Waals surface area (Å²) in [5.74, 6) is 0.153. The number of nitrogens with two attached hydrogens (primary N) is 1. The second-order valence-electron chi connectivity index (χ2n) is 4.53. The van der Waals surface area contributed by atoms with E-state index < -0.39 is 0 Å². The molecule has 0 aliphatic carbocycles. The lowest BCUT2D eigenvalue weighted by molar-refractivity contribution is -0.126. The van der Waals surface area contributed by atoms with Crippen LogP contribution in [-0.2, 0) is 4.79 Å². The molecule has 0 saturated carbocycles. The predicted molar refractivity (Wildman–Crippen MR) is 62.9 cm³/mol. The minimum atomic E-state index is -0.328. The maximum Gasteiger partial charge on any atom is 0.224 e. The van der Waals surface area contributed by atoms with Gasteiger partial charge in [0.25, 0.3) is 0 Å². The molecule has 1 unspecified atom stereocenters. The Balaban J connectivity index is 2.34. The number of nitrogens with one attached hydrogen (secondary N) is 1. The zero-order valence-electron chi connectivity index (χ0n) is 9.98. The van der Waals surface area contributed by atoms with Gasteiger partial charge in [-0.1, -0.05) is 0 Å². The van der Waals surface area contributed by atoms with Crippen LogP contribution in [-0.4, -0.2) is 54.7 Å². The van der Waals surface area contributed by atoms with E-state index in [9.17, 15) is 9.90 Å². The SMILES string of the molecule is C[C@@H](O)CN1CCCC(C(=O)NCCN)C1. The summed E-state index contributed by atoms with van der Waals surface area (Å²) in [4.78, 5) is 13.9. The number of aliphatic hydroxyl groups is 1. The standard InChI is InChI=1S/C11H23N3O2/c1-9(15)7-14-6-2-3-10(8-14)11(16)13-5-4-12/h9-10,15H,2-8,12H2,1H3,(H,13,16)/t9-,10?/m1/s1. The van der Waals surface area contributed by atoms with Gasteiger partial charge < -0.3 is 16.2 Å². The lowest BCUT2D eigenvalue weighted by atomic mass is 9.97. The first-order valence-electron chi connectivity index (χ1n) is 6.01. The van der Waals surface area contributed by atoms with Gasteiger partial charge in [0.1, 0.15) is 0 Å². The van der Waals surface area contributed by atoms with E-state index in [1.54, 1.807) is 6.92 Å². The second-order valence-corrected chi connectivity index (χ2v) is 4.53. The average molecular weight is 229 g/mol. The Kier molecular flexibility index (Phi) is 5.73. The fourth-order valence-corrected chi connectivity index (χ4v) is 2.15. The number of carbonyl (C=O) groups excluding carboxylic acids is 1. The van der Waals surface area contributed by atoms with Crippen molar-refractivity contribution in [2.45, 2.75) is 25.9 Å². The molecule has 5 heteroatoms. The molecule has 4 N–H and O–H groups in total. The van der Waals surface area contributed by atoms with Crippen molar-refractivity contribution in [1.82, 2.24) is 10.2 Å². The number of β-amino-alcohol motifs (C(OH)–C–C–N with tert-alkyl or cyclic N) is 1. The van der Waals surface area contributed by atoms with Crippen molar-refractivity contribution in [2.24, 2.45) is 11.7 Å². The first-order valence-corrected chi connectivity index (χ1v) is 6.01. The highest BCUT2D eigenvalue weighted by molar-refractivity contribution is 5.78. The van der Waals surface area contributed by atoms with Gasteiger partial charge in [-0.05, 0) is 26.3 Å². The largest absolute Gasteiger partial charge is 0.392 e. The Bertz CT molecular complexity index is 221. The van der Waals surface area contributed by atoms with Crippen LogP contribution < -0.4 is 11.1 Å². The van der Waals surface area contributed by atoms with E-state index in [-0.39, 0.29) is 17.9 Å². The van der Waals surface area contributed by atoms with E-state index in [2.05, 4.69) is 10.2 Å². The van der Waals surface area contributed by atoms with Crippen LogP contribution in [0.1, 0.15) is 19.8 Å². The summed E-state index contributed by atoms with van der Waals surface area (Å²) >= 11 is 0. The molecule has 1 fully saturated rings. The topological polar surface area (TPSA) is 78.6 Å². The summed E-state index contributed by atoms with van der Waals surface area (Å²) in [6.45, 7) is 5.19. The molecule has 1 saturated heterocycles. The van der Waals surface area contributed by atoms with E-state index in [1.165, 1.54) is 0 Å². The Morgan fingerprint density at radius 2 is 2.44 bits per heavy atom. The molecule has 1 aliphatic rings. The van der Waals surface area contributed by atoms with Gasteiger partial charge in [0.2, 0.25) is 5.91 Å². The molecular weight excluding hydrogens is 206 g/mol. The molecular formula is C11H23N3O2. The quantitative estimate of drug-likeness (QED) is 0.574. The van der Waals surface area contributed by atoms with E-state index in [1.807, 2.05) is 0 Å². The molecule has 0 aromatic heterocycles. The lowest BCUT2D eigenvalue weighted by Crippen LogP contribution is -2.45. The highest BCUT2D eigenvalue weighted by Crippen LogP contribution is 2.16. The molecule has 5 nitrogen and oxygen atoms in total. The average Bonchev–Trinajstić information content (AvgIpc) is 2.25. The maximum atomic E-state index is 11.7. The van der Waals surface area contributed by atoms with Gasteiger partial charge in [0.15, 0.2) is 0 Å². The van der Waals surface area contributed by atoms with Crippen molar-refractivity contribution < 1.29 is 9.90 Å². The van der Waals surface area contributed by atoms with Gasteiger partial charge in [-0.15, -0.1) is 0 Å². The van der Waals surface area contributed by atoms with Crippen molar-refractivity contribution in [1.29, 1.82) is 0 Å². The molecule has 0 spiro atoms. The summed E-state index contributed by atoms with van der Waals surface area (Å²) in [5.41, 5.74) is 5.34. The van der Waals surface area contributed by atoms with Crippen molar-refractivity contribution in [3.05, 3.63) is 0 Å². The van der Waals surface area contributed by atoms with E-state index in [0.717, 1.165) is 25.9 Å². The van der Waals surface area contributed by atoms with E-state index in [0.29, 0.717) is 19.6 Å². The fourth-order valence-electron chi connectivity index (χ4n) is 2.15. The Morgan fingerprint density at radius 1 is 1.69 bits per heavy atom. The fraction of sp³-hybridized carbons (Fsp3) is 0.909. The molecule has 1 amide bonds. The number of aliphatic hydroxyl groups excluding tert-OH is 1. The summed E-state index contributed by atoms with van der Waals surface area (Å²) in [7, 11) is 0. The van der Waals surface area contributed by atoms with Crippen LogP contribution in [0.25, 0.3) is 0 Å². The molecule has 0 aromatic rings. The van der Waals surface area contributed by atoms with Crippen LogP contribution in [0.2, 0.25) is 0 Å². The minimum Gasteiger partial charge on any atom is -0.392 e. The van der Waals surface area contributed by atoms with Crippen molar-refractivity contribution in [3.8, 4) is 0 Å². The molecule has 1 rings (SSSR count). The highest BCUT2D eigenvalue weighted by Gasteiger charge is 2.25. The van der Waals surface area contributed by atoms with Crippen LogP contribution >= 0.6 is 0 Å². The summed E-state index contributed by atoms with van der Waals surface area (Å²) in [5, 5.41) is 12.1. The number of nitrogens with zero attached hydrogens (tertiary/aromatic N) is 1. The monoisotopic (exact) mass is 229 g/mol. The van der Waals surface area contributed by atoms with Gasteiger partial charge in [-0.25, -0.2) is 0 Å². The molecule has 1 aliphatic heterocycles. The Morgan fingerprint density at radius 3 is 3.06 bits per heavy atom. The van der Waals surface area contributed by atoms with Crippen LogP contribution in [0.3, 0.4) is 0 Å². The van der Waals surface area contributed by atoms with Gasteiger partial charge in [0.05, 0.1) is 12.0 Å². The molecule has 16 heavy (non-hydrogen) atoms. The first-order chi connectivity index (χ1) is 7.63. The normalized spacial score (nSPS) is 24.1. The first kappa shape index (κ1) is 13.4. The smallest absolute Gasteiger partial charge is 0.224 e. The van der Waals surface area contributed by atoms with Crippen LogP contribution in [0.5, 0.6) is 0 Å². The molecule has 1 heterocycles. The van der Waals surface area contributed by atoms with Gasteiger partial charge >= 0.3 is 0 Å². The third-order valence-electron chi connectivity index (χ3n) is 2.84. The summed E-state index contributed by atoms with van der Waals surface area (Å²) < 4.78 is 0. The highest BCUT2D eigenvalue weighted by atomic mass is 16.3. The minimum absolute atomic E-state index is 0.0547. The lowest BCUT2D eigenvalue weighted by Gasteiger charge is -2.32. The molecule has 2 atom stereocenters. The predicted octanol–water partition coefficient (Wildman–Crippen LogP) is -0.846. The maximum absolute atomic E-state index is 11.7. The number of amides is 1. The molecule has 0 radical (unpaired) electrons. The third-order valence-corrected chi connectivity index (χ3v) is 2.84. The zero-order chi connectivity index (χ0) is 12.0. The summed E-state index contributed by atoms with van der Waals surface area (Å²) in [6, 6.07) is 0. The molecule has 0 aromatic carbocycles. The molecule has 94 valence electrons. The Labute approximate surface area is 97.0 Å². The number of piperidine rings is 1. The molecule has 0 bridgehead atoms. The van der Waals surface area contributed by atoms with Gasteiger partial charge in [-0.2, -0.15) is 0 Å². The zero-order valence-corrected chi connectivity index (χ0v) is 9.98. The number of hydrogen-bond acceptors (Lipinski definition) is 4. The second kappa shape index (κ2) is 6.83. The van der Waals surface area contributed by atoms with Gasteiger partial charge in [0, 0.05) is 26.2 Å². The van der Waals surface area contributed by atoms with Crippen molar-refractivity contribution in [3.63, 3.8) is 0 Å². The van der Waals surface area contributed by atoms with E-state index >= 15 is 0 Å². The number of carbonyl (C=O) groups is 1. The number of likely N-dealkylation sites (tertiary alicyclic amines) is 1. The summed E-state index contributed by atoms with van der Waals surface area (Å²) in [6.07, 6.45) is 1.63. The number of rotatable bonds is 5.